The Morgan fingerprint density at radius 2 is 1.90 bits per heavy atom. The highest BCUT2D eigenvalue weighted by Crippen LogP contribution is 2.26. The van der Waals surface area contributed by atoms with Gasteiger partial charge in [0.15, 0.2) is 0 Å². The Labute approximate surface area is 127 Å². The summed E-state index contributed by atoms with van der Waals surface area (Å²) in [7, 11) is 0. The van der Waals surface area contributed by atoms with Crippen molar-refractivity contribution in [1.82, 2.24) is 15.1 Å². The van der Waals surface area contributed by atoms with Gasteiger partial charge in [-0.2, -0.15) is 0 Å². The Bertz CT molecular complexity index is 464. The van der Waals surface area contributed by atoms with Crippen molar-refractivity contribution < 1.29 is 4.79 Å². The summed E-state index contributed by atoms with van der Waals surface area (Å²) in [4.78, 5) is 16.8. The van der Waals surface area contributed by atoms with Crippen LogP contribution >= 0.6 is 0 Å². The second-order valence-corrected chi connectivity index (χ2v) is 6.27. The van der Waals surface area contributed by atoms with Crippen molar-refractivity contribution in [1.29, 1.82) is 0 Å². The van der Waals surface area contributed by atoms with Gasteiger partial charge in [0.05, 0.1) is 6.54 Å². The lowest BCUT2D eigenvalue weighted by Gasteiger charge is -2.24. The molecule has 2 atom stereocenters. The smallest absolute Gasteiger partial charge is 0.237 e. The lowest BCUT2D eigenvalue weighted by molar-refractivity contribution is -0.132. The molecule has 4 nitrogen and oxygen atoms in total. The summed E-state index contributed by atoms with van der Waals surface area (Å²) >= 11 is 0. The van der Waals surface area contributed by atoms with Crippen LogP contribution in [-0.2, 0) is 11.3 Å². The monoisotopic (exact) mass is 287 g/mol. The van der Waals surface area contributed by atoms with Crippen LogP contribution in [0.3, 0.4) is 0 Å². The maximum Gasteiger partial charge on any atom is 0.237 e. The molecule has 21 heavy (non-hydrogen) atoms. The molecule has 1 amide bonds. The molecular formula is C17H25N3O. The number of hydrogen-bond donors (Lipinski definition) is 1. The summed E-state index contributed by atoms with van der Waals surface area (Å²) in [6, 6.07) is 10.2. The van der Waals surface area contributed by atoms with E-state index in [1.54, 1.807) is 0 Å². The van der Waals surface area contributed by atoms with Gasteiger partial charge in [-0.25, -0.2) is 0 Å². The van der Waals surface area contributed by atoms with Crippen LogP contribution in [0.1, 0.15) is 12.5 Å². The van der Waals surface area contributed by atoms with E-state index < -0.39 is 0 Å². The molecule has 0 saturated carbocycles. The summed E-state index contributed by atoms with van der Waals surface area (Å²) in [5.41, 5.74) is 1.20. The predicted octanol–water partition coefficient (Wildman–Crippen LogP) is 1.19. The Hall–Kier alpha value is -1.39. The highest BCUT2D eigenvalue weighted by molar-refractivity contribution is 5.78. The second kappa shape index (κ2) is 6.58. The third kappa shape index (κ3) is 3.44. The number of fused-ring (bicyclic) bond motifs is 1. The molecule has 4 heteroatoms. The number of nitrogens with zero attached hydrogens (tertiary/aromatic N) is 2. The van der Waals surface area contributed by atoms with E-state index in [-0.39, 0.29) is 5.91 Å². The number of amides is 1. The first-order valence-electron chi connectivity index (χ1n) is 8.01. The maximum atomic E-state index is 12.5. The fourth-order valence-corrected chi connectivity index (χ4v) is 3.55. The van der Waals surface area contributed by atoms with Crippen LogP contribution in [0, 0.1) is 11.8 Å². The Morgan fingerprint density at radius 3 is 2.52 bits per heavy atom. The van der Waals surface area contributed by atoms with E-state index >= 15 is 0 Å². The molecule has 2 aliphatic rings. The molecule has 2 heterocycles. The number of rotatable bonds is 5. The van der Waals surface area contributed by atoms with Gasteiger partial charge >= 0.3 is 0 Å². The third-order valence-corrected chi connectivity index (χ3v) is 4.77. The van der Waals surface area contributed by atoms with Crippen molar-refractivity contribution in [3.05, 3.63) is 35.9 Å². The summed E-state index contributed by atoms with van der Waals surface area (Å²) < 4.78 is 0. The van der Waals surface area contributed by atoms with Crippen LogP contribution in [0.2, 0.25) is 0 Å². The van der Waals surface area contributed by atoms with Crippen molar-refractivity contribution in [2.45, 2.75) is 13.5 Å². The average Bonchev–Trinajstić information content (AvgIpc) is 3.06. The van der Waals surface area contributed by atoms with Gasteiger partial charge in [-0.15, -0.1) is 0 Å². The highest BCUT2D eigenvalue weighted by atomic mass is 16.2. The first-order valence-corrected chi connectivity index (χ1v) is 8.01. The second-order valence-electron chi connectivity index (χ2n) is 6.27. The SMILES string of the molecule is CCN(Cc1ccccc1)C(=O)CN1C[C@H]2CNC[C@H]2C1. The molecule has 2 aliphatic heterocycles. The molecule has 2 fully saturated rings. The van der Waals surface area contributed by atoms with Crippen molar-refractivity contribution in [3.8, 4) is 0 Å². The van der Waals surface area contributed by atoms with E-state index in [1.807, 2.05) is 23.1 Å². The molecular weight excluding hydrogens is 262 g/mol. The first-order chi connectivity index (χ1) is 10.3. The minimum absolute atomic E-state index is 0.259. The molecule has 0 bridgehead atoms. The molecule has 1 aromatic rings. The quantitative estimate of drug-likeness (QED) is 0.883. The van der Waals surface area contributed by atoms with Crippen LogP contribution in [0.4, 0.5) is 0 Å². The zero-order valence-corrected chi connectivity index (χ0v) is 12.8. The number of carbonyl (C=O) groups excluding carboxylic acids is 1. The van der Waals surface area contributed by atoms with Gasteiger partial charge in [0.2, 0.25) is 5.91 Å². The predicted molar refractivity (Wildman–Crippen MR) is 83.8 cm³/mol. The normalized spacial score (nSPS) is 25.0. The number of hydrogen-bond acceptors (Lipinski definition) is 3. The summed E-state index contributed by atoms with van der Waals surface area (Å²) in [6.45, 7) is 8.53. The van der Waals surface area contributed by atoms with Gasteiger partial charge in [-0.05, 0) is 37.4 Å². The van der Waals surface area contributed by atoms with E-state index in [4.69, 9.17) is 0 Å². The Morgan fingerprint density at radius 1 is 1.24 bits per heavy atom. The molecule has 0 aromatic heterocycles. The molecule has 2 saturated heterocycles. The van der Waals surface area contributed by atoms with E-state index in [0.717, 1.165) is 51.1 Å². The van der Waals surface area contributed by atoms with Crippen LogP contribution in [0.15, 0.2) is 30.3 Å². The molecule has 0 radical (unpaired) electrons. The molecule has 0 aliphatic carbocycles. The van der Waals surface area contributed by atoms with Crippen LogP contribution in [0.5, 0.6) is 0 Å². The summed E-state index contributed by atoms with van der Waals surface area (Å²) in [5, 5.41) is 3.44. The lowest BCUT2D eigenvalue weighted by atomic mass is 10.0. The number of likely N-dealkylation sites (N-methyl/N-ethyl adjacent to an activating group) is 1. The van der Waals surface area contributed by atoms with Crippen LogP contribution < -0.4 is 5.32 Å². The Balaban J connectivity index is 1.53. The van der Waals surface area contributed by atoms with E-state index in [9.17, 15) is 4.79 Å². The topological polar surface area (TPSA) is 35.6 Å². The van der Waals surface area contributed by atoms with Gasteiger partial charge in [0, 0.05) is 26.2 Å². The number of likely N-dealkylation sites (tertiary alicyclic amines) is 1. The molecule has 0 spiro atoms. The van der Waals surface area contributed by atoms with E-state index in [1.165, 1.54) is 5.56 Å². The largest absolute Gasteiger partial charge is 0.338 e. The molecule has 0 unspecified atom stereocenters. The van der Waals surface area contributed by atoms with Crippen molar-refractivity contribution in [2.75, 3.05) is 39.3 Å². The van der Waals surface area contributed by atoms with E-state index in [2.05, 4.69) is 29.3 Å². The molecule has 1 N–H and O–H groups in total. The number of benzene rings is 1. The fourth-order valence-electron chi connectivity index (χ4n) is 3.55. The van der Waals surface area contributed by atoms with Crippen molar-refractivity contribution in [2.24, 2.45) is 11.8 Å². The fraction of sp³-hybridized carbons (Fsp3) is 0.588. The maximum absolute atomic E-state index is 12.5. The number of nitrogens with one attached hydrogen (secondary N) is 1. The van der Waals surface area contributed by atoms with E-state index in [0.29, 0.717) is 6.54 Å². The lowest BCUT2D eigenvalue weighted by Crippen LogP contribution is -2.40. The summed E-state index contributed by atoms with van der Waals surface area (Å²) in [6.07, 6.45) is 0. The van der Waals surface area contributed by atoms with Crippen LogP contribution in [0.25, 0.3) is 0 Å². The van der Waals surface area contributed by atoms with Crippen molar-refractivity contribution >= 4 is 5.91 Å². The van der Waals surface area contributed by atoms with Gasteiger partial charge in [0.1, 0.15) is 0 Å². The van der Waals surface area contributed by atoms with Gasteiger partial charge < -0.3 is 10.2 Å². The molecule has 114 valence electrons. The standard InChI is InChI=1S/C17H25N3O/c1-2-20(10-14-6-4-3-5-7-14)17(21)13-19-11-15-8-18-9-16(15)12-19/h3-7,15-16,18H,2,8-13H2,1H3/t15-,16+. The van der Waals surface area contributed by atoms with Crippen LogP contribution in [-0.4, -0.2) is 55.0 Å². The highest BCUT2D eigenvalue weighted by Gasteiger charge is 2.36. The van der Waals surface area contributed by atoms with Crippen molar-refractivity contribution in [3.63, 3.8) is 0 Å². The van der Waals surface area contributed by atoms with Gasteiger partial charge in [-0.3, -0.25) is 9.69 Å². The molecule has 3 rings (SSSR count). The zero-order chi connectivity index (χ0) is 14.7. The van der Waals surface area contributed by atoms with Gasteiger partial charge in [0.25, 0.3) is 0 Å². The van der Waals surface area contributed by atoms with Gasteiger partial charge in [-0.1, -0.05) is 30.3 Å². The zero-order valence-electron chi connectivity index (χ0n) is 12.8. The number of carbonyl (C=O) groups is 1. The summed E-state index contributed by atoms with van der Waals surface area (Å²) in [5.74, 6) is 1.76. The molecule has 1 aromatic carbocycles. The first kappa shape index (κ1) is 14.5. The Kier molecular flexibility index (Phi) is 4.56. The minimum Gasteiger partial charge on any atom is -0.338 e. The third-order valence-electron chi connectivity index (χ3n) is 4.77. The average molecular weight is 287 g/mol. The minimum atomic E-state index is 0.259.